The molecule has 5 heteroatoms. The molecule has 0 spiro atoms. The van der Waals surface area contributed by atoms with Gasteiger partial charge in [0.25, 0.3) is 0 Å². The van der Waals surface area contributed by atoms with Gasteiger partial charge >= 0.3 is 0 Å². The third-order valence-corrected chi connectivity index (χ3v) is 3.56. The van der Waals surface area contributed by atoms with E-state index < -0.39 is 18.0 Å². The van der Waals surface area contributed by atoms with Gasteiger partial charge in [0.1, 0.15) is 29.2 Å². The first-order chi connectivity index (χ1) is 10.1. The summed E-state index contributed by atoms with van der Waals surface area (Å²) in [4.78, 5) is 0. The molecule has 1 aliphatic heterocycles. The summed E-state index contributed by atoms with van der Waals surface area (Å²) in [6, 6.07) is 8.94. The van der Waals surface area contributed by atoms with Crippen molar-refractivity contribution in [3.8, 4) is 17.2 Å². The Labute approximate surface area is 121 Å². The Morgan fingerprint density at radius 3 is 2.76 bits per heavy atom. The lowest BCUT2D eigenvalue weighted by Crippen LogP contribution is -2.19. The quantitative estimate of drug-likeness (QED) is 0.892. The van der Waals surface area contributed by atoms with E-state index in [1.54, 1.807) is 25.3 Å². The highest BCUT2D eigenvalue weighted by Crippen LogP contribution is 2.42. The van der Waals surface area contributed by atoms with E-state index in [-0.39, 0.29) is 5.75 Å². The van der Waals surface area contributed by atoms with Crippen LogP contribution in [0.1, 0.15) is 29.8 Å². The number of hydrogen-bond acceptors (Lipinski definition) is 4. The molecule has 0 amide bonds. The zero-order chi connectivity index (χ0) is 15.0. The molecular weight excluding hydrogens is 275 g/mol. The van der Waals surface area contributed by atoms with Gasteiger partial charge in [-0.15, -0.1) is 0 Å². The number of halogens is 1. The van der Waals surface area contributed by atoms with E-state index in [9.17, 15) is 14.6 Å². The maximum Gasteiger partial charge on any atom is 0.129 e. The third kappa shape index (κ3) is 2.64. The summed E-state index contributed by atoms with van der Waals surface area (Å²) in [7, 11) is 1.54. The van der Waals surface area contributed by atoms with Gasteiger partial charge in [0.2, 0.25) is 0 Å². The summed E-state index contributed by atoms with van der Waals surface area (Å²) in [6.45, 7) is 0. The molecule has 2 aromatic rings. The van der Waals surface area contributed by atoms with Crippen LogP contribution in [0, 0.1) is 5.82 Å². The molecule has 1 heterocycles. The number of hydrogen-bond donors (Lipinski definition) is 2. The van der Waals surface area contributed by atoms with Crippen LogP contribution < -0.4 is 9.47 Å². The Kier molecular flexibility index (Phi) is 3.43. The van der Waals surface area contributed by atoms with Gasteiger partial charge in [0.15, 0.2) is 0 Å². The van der Waals surface area contributed by atoms with E-state index in [1.165, 1.54) is 12.1 Å². The van der Waals surface area contributed by atoms with Crippen LogP contribution in [-0.2, 0) is 0 Å². The molecule has 2 N–H and O–H groups in total. The van der Waals surface area contributed by atoms with Crippen LogP contribution in [0.25, 0.3) is 0 Å². The number of aliphatic hydroxyl groups excluding tert-OH is 1. The van der Waals surface area contributed by atoms with Gasteiger partial charge in [0, 0.05) is 24.1 Å². The summed E-state index contributed by atoms with van der Waals surface area (Å²) >= 11 is 0. The monoisotopic (exact) mass is 290 g/mol. The minimum Gasteiger partial charge on any atom is -0.508 e. The molecule has 1 unspecified atom stereocenters. The van der Waals surface area contributed by atoms with E-state index in [0.717, 1.165) is 6.07 Å². The fraction of sp³-hybridized carbons (Fsp3) is 0.250. The summed E-state index contributed by atoms with van der Waals surface area (Å²) < 4.78 is 24.4. The molecule has 2 aromatic carbocycles. The summed E-state index contributed by atoms with van der Waals surface area (Å²) in [6.07, 6.45) is -0.946. The highest BCUT2D eigenvalue weighted by atomic mass is 19.1. The molecule has 3 rings (SSSR count). The van der Waals surface area contributed by atoms with Gasteiger partial charge in [-0.05, 0) is 29.8 Å². The molecule has 1 aliphatic rings. The van der Waals surface area contributed by atoms with Gasteiger partial charge in [-0.25, -0.2) is 4.39 Å². The van der Waals surface area contributed by atoms with Crippen molar-refractivity contribution >= 4 is 0 Å². The number of benzene rings is 2. The van der Waals surface area contributed by atoms with Gasteiger partial charge in [0.05, 0.1) is 13.2 Å². The predicted octanol–water partition coefficient (Wildman–Crippen LogP) is 3.10. The molecule has 0 saturated heterocycles. The molecule has 2 atom stereocenters. The molecule has 0 fully saturated rings. The highest BCUT2D eigenvalue weighted by Gasteiger charge is 2.29. The number of fused-ring (bicyclic) bond motifs is 1. The minimum absolute atomic E-state index is 0.167. The third-order valence-electron chi connectivity index (χ3n) is 3.56. The molecule has 0 radical (unpaired) electrons. The van der Waals surface area contributed by atoms with Gasteiger partial charge in [-0.2, -0.15) is 0 Å². The van der Waals surface area contributed by atoms with Crippen molar-refractivity contribution in [1.29, 1.82) is 0 Å². The molecule has 4 nitrogen and oxygen atoms in total. The standard InChI is InChI=1S/C16H15FO4/c1-20-12-2-3-13-14(19)8-15(21-16(13)7-12)9-4-10(17)6-11(18)5-9/h2-7,14-15,18-19H,8H2,1H3/t14-,15?/m1/s1. The molecular formula is C16H15FO4. The fourth-order valence-electron chi connectivity index (χ4n) is 2.54. The van der Waals surface area contributed by atoms with Crippen LogP contribution >= 0.6 is 0 Å². The summed E-state index contributed by atoms with van der Waals surface area (Å²) in [5, 5.41) is 19.7. The van der Waals surface area contributed by atoms with Gasteiger partial charge in [-0.1, -0.05) is 0 Å². The van der Waals surface area contributed by atoms with Crippen LogP contribution in [0.2, 0.25) is 0 Å². The Morgan fingerprint density at radius 1 is 1.24 bits per heavy atom. The lowest BCUT2D eigenvalue weighted by molar-refractivity contribution is 0.0652. The molecule has 0 bridgehead atoms. The van der Waals surface area contributed by atoms with Crippen LogP contribution in [-0.4, -0.2) is 17.3 Å². The smallest absolute Gasteiger partial charge is 0.129 e. The topological polar surface area (TPSA) is 58.9 Å². The predicted molar refractivity (Wildman–Crippen MR) is 74.0 cm³/mol. The minimum atomic E-state index is -0.713. The van der Waals surface area contributed by atoms with Gasteiger partial charge in [-0.3, -0.25) is 0 Å². The highest BCUT2D eigenvalue weighted by molar-refractivity contribution is 5.44. The van der Waals surface area contributed by atoms with E-state index >= 15 is 0 Å². The summed E-state index contributed by atoms with van der Waals surface area (Å²) in [5.74, 6) is 0.407. The maximum atomic E-state index is 13.4. The van der Waals surface area contributed by atoms with E-state index in [0.29, 0.717) is 29.0 Å². The zero-order valence-corrected chi connectivity index (χ0v) is 11.4. The Morgan fingerprint density at radius 2 is 2.05 bits per heavy atom. The first kappa shape index (κ1) is 13.7. The van der Waals surface area contributed by atoms with Gasteiger partial charge < -0.3 is 19.7 Å². The number of phenols is 1. The van der Waals surface area contributed by atoms with Crippen molar-refractivity contribution in [2.75, 3.05) is 7.11 Å². The first-order valence-corrected chi connectivity index (χ1v) is 6.59. The van der Waals surface area contributed by atoms with Crippen LogP contribution in [0.3, 0.4) is 0 Å². The maximum absolute atomic E-state index is 13.4. The SMILES string of the molecule is COc1ccc2c(c1)OC(c1cc(O)cc(F)c1)C[C@H]2O. The van der Waals surface area contributed by atoms with Crippen LogP contribution in [0.15, 0.2) is 36.4 Å². The molecule has 0 aromatic heterocycles. The Hall–Kier alpha value is -2.27. The van der Waals surface area contributed by atoms with Crippen LogP contribution in [0.5, 0.6) is 17.2 Å². The lowest BCUT2D eigenvalue weighted by atomic mass is 9.94. The fourth-order valence-corrected chi connectivity index (χ4v) is 2.54. The van der Waals surface area contributed by atoms with Crippen LogP contribution in [0.4, 0.5) is 4.39 Å². The normalized spacial score (nSPS) is 20.5. The second-order valence-electron chi connectivity index (χ2n) is 5.00. The van der Waals surface area contributed by atoms with Crippen molar-refractivity contribution in [2.24, 2.45) is 0 Å². The number of ether oxygens (including phenoxy) is 2. The first-order valence-electron chi connectivity index (χ1n) is 6.59. The van der Waals surface area contributed by atoms with Crippen molar-refractivity contribution < 1.29 is 24.1 Å². The number of phenolic OH excluding ortho intramolecular Hbond substituents is 1. The molecule has 21 heavy (non-hydrogen) atoms. The van der Waals surface area contributed by atoms with Crippen molar-refractivity contribution in [3.63, 3.8) is 0 Å². The van der Waals surface area contributed by atoms with Crippen molar-refractivity contribution in [1.82, 2.24) is 0 Å². The number of aliphatic hydroxyl groups is 1. The lowest BCUT2D eigenvalue weighted by Gasteiger charge is -2.30. The Bertz CT molecular complexity index is 651. The average Bonchev–Trinajstić information content (AvgIpc) is 2.45. The zero-order valence-electron chi connectivity index (χ0n) is 11.4. The Balaban J connectivity index is 1.96. The molecule has 0 aliphatic carbocycles. The van der Waals surface area contributed by atoms with Crippen molar-refractivity contribution in [3.05, 3.63) is 53.3 Å². The largest absolute Gasteiger partial charge is 0.508 e. The van der Waals surface area contributed by atoms with Crippen molar-refractivity contribution in [2.45, 2.75) is 18.6 Å². The molecule has 0 saturated carbocycles. The number of aromatic hydroxyl groups is 1. The average molecular weight is 290 g/mol. The molecule has 110 valence electrons. The second kappa shape index (κ2) is 5.26. The van der Waals surface area contributed by atoms with E-state index in [4.69, 9.17) is 9.47 Å². The number of methoxy groups -OCH3 is 1. The van der Waals surface area contributed by atoms with E-state index in [1.807, 2.05) is 0 Å². The number of rotatable bonds is 2. The summed E-state index contributed by atoms with van der Waals surface area (Å²) in [5.41, 5.74) is 1.16. The van der Waals surface area contributed by atoms with E-state index in [2.05, 4.69) is 0 Å². The second-order valence-corrected chi connectivity index (χ2v) is 5.00.